The van der Waals surface area contributed by atoms with Gasteiger partial charge in [0, 0.05) is 12.3 Å². The second-order valence-electron chi connectivity index (χ2n) is 4.68. The van der Waals surface area contributed by atoms with Crippen LogP contribution in [-0.4, -0.2) is 14.8 Å². The molecule has 0 unspecified atom stereocenters. The summed E-state index contributed by atoms with van der Waals surface area (Å²) >= 11 is 1.60. The van der Waals surface area contributed by atoms with Crippen LogP contribution < -0.4 is 5.69 Å². The summed E-state index contributed by atoms with van der Waals surface area (Å²) < 4.78 is 1.70. The molecule has 0 amide bonds. The third kappa shape index (κ3) is 3.29. The summed E-state index contributed by atoms with van der Waals surface area (Å²) in [5, 5.41) is 7.38. The summed E-state index contributed by atoms with van der Waals surface area (Å²) in [6.45, 7) is 6.97. The molecule has 4 nitrogen and oxygen atoms in total. The number of aromatic nitrogens is 3. The van der Waals surface area contributed by atoms with Gasteiger partial charge in [-0.05, 0) is 31.4 Å². The minimum atomic E-state index is -0.120. The summed E-state index contributed by atoms with van der Waals surface area (Å²) in [5.41, 5.74) is 3.71. The van der Waals surface area contributed by atoms with Crippen LogP contribution in [0.4, 0.5) is 0 Å². The Morgan fingerprint density at radius 3 is 2.89 bits per heavy atom. The fourth-order valence-electron chi connectivity index (χ4n) is 1.93. The van der Waals surface area contributed by atoms with Crippen molar-refractivity contribution >= 4 is 11.8 Å². The van der Waals surface area contributed by atoms with Crippen LogP contribution in [0.1, 0.15) is 30.0 Å². The van der Waals surface area contributed by atoms with Crippen LogP contribution in [0.15, 0.2) is 28.2 Å². The largest absolute Gasteiger partial charge is 0.343 e. The van der Waals surface area contributed by atoms with E-state index in [-0.39, 0.29) is 5.69 Å². The van der Waals surface area contributed by atoms with Gasteiger partial charge in [0.15, 0.2) is 5.16 Å². The molecule has 0 aliphatic heterocycles. The molecule has 102 valence electrons. The van der Waals surface area contributed by atoms with Crippen LogP contribution >= 0.6 is 11.8 Å². The molecule has 0 saturated carbocycles. The van der Waals surface area contributed by atoms with E-state index in [0.717, 1.165) is 17.3 Å². The van der Waals surface area contributed by atoms with Crippen molar-refractivity contribution in [1.29, 1.82) is 0 Å². The highest BCUT2D eigenvalue weighted by molar-refractivity contribution is 7.98. The first-order valence-electron chi connectivity index (χ1n) is 6.46. The van der Waals surface area contributed by atoms with Gasteiger partial charge in [-0.1, -0.05) is 42.4 Å². The van der Waals surface area contributed by atoms with Crippen molar-refractivity contribution in [3.63, 3.8) is 0 Å². The molecule has 0 aliphatic rings. The van der Waals surface area contributed by atoms with Gasteiger partial charge in [-0.2, -0.15) is 0 Å². The Kier molecular flexibility index (Phi) is 4.47. The Morgan fingerprint density at radius 1 is 1.37 bits per heavy atom. The molecule has 0 fully saturated rings. The van der Waals surface area contributed by atoms with E-state index < -0.39 is 0 Å². The van der Waals surface area contributed by atoms with Crippen LogP contribution in [-0.2, 0) is 12.3 Å². The number of aryl methyl sites for hydroxylation is 2. The Labute approximate surface area is 117 Å². The van der Waals surface area contributed by atoms with Crippen molar-refractivity contribution in [2.45, 2.75) is 44.6 Å². The SMILES string of the molecule is CCCn1c(SCc2cc(C)ccc2C)n[nH]c1=O. The van der Waals surface area contributed by atoms with E-state index in [1.165, 1.54) is 16.7 Å². The number of nitrogens with one attached hydrogen (secondary N) is 1. The predicted octanol–water partition coefficient (Wildman–Crippen LogP) is 2.89. The summed E-state index contributed by atoms with van der Waals surface area (Å²) in [4.78, 5) is 11.6. The first-order valence-corrected chi connectivity index (χ1v) is 7.44. The highest BCUT2D eigenvalue weighted by Crippen LogP contribution is 2.22. The normalized spacial score (nSPS) is 10.9. The molecule has 0 atom stereocenters. The molecule has 2 rings (SSSR count). The second-order valence-corrected chi connectivity index (χ2v) is 5.62. The number of aromatic amines is 1. The van der Waals surface area contributed by atoms with Gasteiger partial charge in [0.1, 0.15) is 0 Å². The van der Waals surface area contributed by atoms with Gasteiger partial charge < -0.3 is 0 Å². The van der Waals surface area contributed by atoms with Crippen molar-refractivity contribution < 1.29 is 0 Å². The van der Waals surface area contributed by atoms with Crippen molar-refractivity contribution in [2.24, 2.45) is 0 Å². The van der Waals surface area contributed by atoms with Crippen molar-refractivity contribution in [3.8, 4) is 0 Å². The van der Waals surface area contributed by atoms with E-state index in [0.29, 0.717) is 6.54 Å². The van der Waals surface area contributed by atoms with Crippen LogP contribution in [0.25, 0.3) is 0 Å². The molecular weight excluding hydrogens is 258 g/mol. The Morgan fingerprint density at radius 2 is 2.16 bits per heavy atom. The summed E-state index contributed by atoms with van der Waals surface area (Å²) in [6, 6.07) is 6.44. The number of benzene rings is 1. The average Bonchev–Trinajstić information content (AvgIpc) is 2.73. The molecule has 19 heavy (non-hydrogen) atoms. The quantitative estimate of drug-likeness (QED) is 0.855. The lowest BCUT2D eigenvalue weighted by Gasteiger charge is -2.07. The number of H-pyrrole nitrogens is 1. The number of rotatable bonds is 5. The minimum Gasteiger partial charge on any atom is -0.270 e. The zero-order chi connectivity index (χ0) is 13.8. The fraction of sp³-hybridized carbons (Fsp3) is 0.429. The zero-order valence-corrected chi connectivity index (χ0v) is 12.4. The maximum atomic E-state index is 11.6. The summed E-state index contributed by atoms with van der Waals surface area (Å²) in [6.07, 6.45) is 0.927. The molecule has 0 bridgehead atoms. The number of nitrogens with zero attached hydrogens (tertiary/aromatic N) is 2. The lowest BCUT2D eigenvalue weighted by Crippen LogP contribution is -2.17. The smallest absolute Gasteiger partial charge is 0.270 e. The molecule has 0 saturated heterocycles. The van der Waals surface area contributed by atoms with Crippen molar-refractivity contribution in [1.82, 2.24) is 14.8 Å². The predicted molar refractivity (Wildman–Crippen MR) is 78.6 cm³/mol. The number of thioether (sulfide) groups is 1. The standard InChI is InChI=1S/C14H19N3OS/c1-4-7-17-13(18)15-16-14(17)19-9-12-8-10(2)5-6-11(12)3/h5-6,8H,4,7,9H2,1-3H3,(H,15,18). The van der Waals surface area contributed by atoms with E-state index >= 15 is 0 Å². The average molecular weight is 277 g/mol. The second kappa shape index (κ2) is 6.10. The van der Waals surface area contributed by atoms with Gasteiger partial charge in [0.25, 0.3) is 0 Å². The van der Waals surface area contributed by atoms with E-state index in [4.69, 9.17) is 0 Å². The fourth-order valence-corrected chi connectivity index (χ4v) is 2.97. The van der Waals surface area contributed by atoms with E-state index in [2.05, 4.69) is 49.2 Å². The lowest BCUT2D eigenvalue weighted by atomic mass is 10.1. The zero-order valence-electron chi connectivity index (χ0n) is 11.6. The maximum absolute atomic E-state index is 11.6. The number of hydrogen-bond donors (Lipinski definition) is 1. The number of hydrogen-bond acceptors (Lipinski definition) is 3. The third-order valence-corrected chi connectivity index (χ3v) is 4.06. The molecule has 0 aliphatic carbocycles. The molecule has 1 N–H and O–H groups in total. The first kappa shape index (κ1) is 13.9. The molecule has 1 aromatic heterocycles. The molecular formula is C14H19N3OS. The van der Waals surface area contributed by atoms with Gasteiger partial charge in [-0.25, -0.2) is 9.89 Å². The topological polar surface area (TPSA) is 50.7 Å². The molecule has 0 spiro atoms. The van der Waals surface area contributed by atoms with Gasteiger partial charge in [0.05, 0.1) is 0 Å². The van der Waals surface area contributed by atoms with Gasteiger partial charge >= 0.3 is 5.69 Å². The lowest BCUT2D eigenvalue weighted by molar-refractivity contribution is 0.604. The molecule has 2 aromatic rings. The van der Waals surface area contributed by atoms with Crippen molar-refractivity contribution in [3.05, 3.63) is 45.4 Å². The summed E-state index contributed by atoms with van der Waals surface area (Å²) in [7, 11) is 0. The monoisotopic (exact) mass is 277 g/mol. The van der Waals surface area contributed by atoms with Gasteiger partial charge in [0.2, 0.25) is 0 Å². The van der Waals surface area contributed by atoms with Crippen LogP contribution in [0, 0.1) is 13.8 Å². The molecule has 1 aromatic carbocycles. The van der Waals surface area contributed by atoms with Gasteiger partial charge in [-0.15, -0.1) is 5.10 Å². The van der Waals surface area contributed by atoms with Crippen LogP contribution in [0.3, 0.4) is 0 Å². The van der Waals surface area contributed by atoms with Gasteiger partial charge in [-0.3, -0.25) is 4.57 Å². The van der Waals surface area contributed by atoms with E-state index in [1.807, 2.05) is 0 Å². The van der Waals surface area contributed by atoms with Crippen LogP contribution in [0.2, 0.25) is 0 Å². The molecule has 0 radical (unpaired) electrons. The van der Waals surface area contributed by atoms with Crippen molar-refractivity contribution in [2.75, 3.05) is 0 Å². The maximum Gasteiger partial charge on any atom is 0.343 e. The molecule has 1 heterocycles. The highest BCUT2D eigenvalue weighted by atomic mass is 32.2. The van der Waals surface area contributed by atoms with E-state index in [9.17, 15) is 4.79 Å². The Hall–Kier alpha value is -1.49. The Balaban J connectivity index is 2.14. The first-order chi connectivity index (χ1) is 9.11. The van der Waals surface area contributed by atoms with Crippen LogP contribution in [0.5, 0.6) is 0 Å². The molecule has 5 heteroatoms. The Bertz CT molecular complexity index is 615. The highest BCUT2D eigenvalue weighted by Gasteiger charge is 2.09. The van der Waals surface area contributed by atoms with E-state index in [1.54, 1.807) is 16.3 Å². The summed E-state index contributed by atoms with van der Waals surface area (Å²) in [5.74, 6) is 0.835. The minimum absolute atomic E-state index is 0.120. The third-order valence-electron chi connectivity index (χ3n) is 3.03.